The number of amides is 1. The van der Waals surface area contributed by atoms with Crippen molar-refractivity contribution in [2.24, 2.45) is 5.92 Å². The minimum Gasteiger partial charge on any atom is -0.493 e. The zero-order valence-corrected chi connectivity index (χ0v) is 19.4. The zero-order valence-electron chi connectivity index (χ0n) is 18.7. The second-order valence-electron chi connectivity index (χ2n) is 8.93. The van der Waals surface area contributed by atoms with Gasteiger partial charge in [0, 0.05) is 42.7 Å². The molecular weight excluding hydrogens is 450 g/mol. The molecule has 4 N–H and O–H groups in total. The number of carbonyl (C=O) groups is 1. The van der Waals surface area contributed by atoms with Crippen molar-refractivity contribution < 1.29 is 9.53 Å². The number of rotatable bonds is 4. The number of aromatic nitrogens is 2. The number of nitrogens with zero attached hydrogens (tertiary/aromatic N) is 1. The molecule has 34 heavy (non-hydrogen) atoms. The van der Waals surface area contributed by atoms with Crippen LogP contribution in [0.25, 0.3) is 11.3 Å². The molecule has 3 atom stereocenters. The Hall–Kier alpha value is -3.47. The number of piperidine rings is 1. The van der Waals surface area contributed by atoms with Gasteiger partial charge in [0.2, 0.25) is 0 Å². The molecule has 3 aromatic rings. The number of H-pyrrole nitrogens is 1. The van der Waals surface area contributed by atoms with Gasteiger partial charge in [-0.1, -0.05) is 29.5 Å². The highest BCUT2D eigenvalue weighted by atomic mass is 35.5. The summed E-state index contributed by atoms with van der Waals surface area (Å²) in [6, 6.07) is 8.27. The van der Waals surface area contributed by atoms with Crippen LogP contribution in [0.5, 0.6) is 5.75 Å². The number of methoxy groups -OCH3 is 1. The molecule has 1 saturated heterocycles. The Balaban J connectivity index is 1.45. The maximum absolute atomic E-state index is 12.9. The molecule has 0 radical (unpaired) electrons. The molecule has 0 bridgehead atoms. The lowest BCUT2D eigenvalue weighted by Crippen LogP contribution is -2.31. The van der Waals surface area contributed by atoms with E-state index in [1.54, 1.807) is 25.6 Å². The number of hydrogen-bond acceptors (Lipinski definition) is 5. The third kappa shape index (κ3) is 3.69. The molecule has 3 aliphatic rings. The van der Waals surface area contributed by atoms with Crippen molar-refractivity contribution in [1.29, 1.82) is 0 Å². The number of fused-ring (bicyclic) bond motifs is 2. The van der Waals surface area contributed by atoms with Crippen molar-refractivity contribution >= 4 is 28.9 Å². The Morgan fingerprint density at radius 2 is 2.18 bits per heavy atom. The van der Waals surface area contributed by atoms with E-state index in [9.17, 15) is 4.79 Å². The van der Waals surface area contributed by atoms with E-state index in [1.807, 2.05) is 18.2 Å². The van der Waals surface area contributed by atoms with Crippen LogP contribution in [0.1, 0.15) is 34.5 Å². The highest BCUT2D eigenvalue weighted by molar-refractivity contribution is 6.32. The summed E-state index contributed by atoms with van der Waals surface area (Å²) < 4.78 is 5.53. The van der Waals surface area contributed by atoms with Crippen LogP contribution in [0.15, 0.2) is 36.7 Å². The normalized spacial score (nSPS) is 22.2. The molecule has 8 heteroatoms. The van der Waals surface area contributed by atoms with Gasteiger partial charge in [0.05, 0.1) is 46.4 Å². The van der Waals surface area contributed by atoms with Crippen molar-refractivity contribution in [3.05, 3.63) is 58.5 Å². The second kappa shape index (κ2) is 8.39. The standard InChI is InChI=1S/C26H24ClN5O2/c1-34-25-18(27)3-2-4-20(25)32-24-22-19(8-10-29-26(22)33)31-23(24)17-7-9-28-13-14(17)5-6-16-11-15-12-21(15)30-16/h2-4,7,9,13,15-16,21,30-32H,8,10-12H2,1H3,(H,29,33)/t15-,16+,21?/m1/s1. The van der Waals surface area contributed by atoms with E-state index < -0.39 is 0 Å². The number of anilines is 2. The number of nitrogens with one attached hydrogen (secondary N) is 4. The third-order valence-corrected chi connectivity index (χ3v) is 7.04. The van der Waals surface area contributed by atoms with Gasteiger partial charge in [-0.3, -0.25) is 9.78 Å². The Kier molecular flexibility index (Phi) is 5.20. The summed E-state index contributed by atoms with van der Waals surface area (Å²) >= 11 is 6.36. The number of aromatic amines is 1. The maximum atomic E-state index is 12.9. The number of carbonyl (C=O) groups excluding carboxylic acids is 1. The molecule has 1 saturated carbocycles. The number of ether oxygens (including phenoxy) is 1. The summed E-state index contributed by atoms with van der Waals surface area (Å²) in [5.41, 5.74) is 5.31. The fourth-order valence-electron chi connectivity index (χ4n) is 4.97. The van der Waals surface area contributed by atoms with E-state index in [0.717, 1.165) is 34.9 Å². The van der Waals surface area contributed by atoms with Crippen molar-refractivity contribution in [3.8, 4) is 28.8 Å². The molecule has 1 aliphatic carbocycles. The summed E-state index contributed by atoms with van der Waals surface area (Å²) in [7, 11) is 1.57. The quantitative estimate of drug-likeness (QED) is 0.432. The van der Waals surface area contributed by atoms with Crippen molar-refractivity contribution in [3.63, 3.8) is 0 Å². The number of halogens is 1. The van der Waals surface area contributed by atoms with Crippen LogP contribution >= 0.6 is 11.6 Å². The van der Waals surface area contributed by atoms with E-state index in [4.69, 9.17) is 16.3 Å². The average Bonchev–Trinajstić information content (AvgIpc) is 3.28. The Morgan fingerprint density at radius 1 is 1.26 bits per heavy atom. The average molecular weight is 474 g/mol. The first-order valence-corrected chi connectivity index (χ1v) is 11.8. The van der Waals surface area contributed by atoms with Gasteiger partial charge < -0.3 is 25.7 Å². The molecule has 0 spiro atoms. The van der Waals surface area contributed by atoms with Crippen molar-refractivity contribution in [1.82, 2.24) is 20.6 Å². The second-order valence-corrected chi connectivity index (χ2v) is 9.34. The highest BCUT2D eigenvalue weighted by Crippen LogP contribution is 2.42. The van der Waals surface area contributed by atoms with Crippen LogP contribution in [-0.4, -0.2) is 41.6 Å². The predicted molar refractivity (Wildman–Crippen MR) is 132 cm³/mol. The van der Waals surface area contributed by atoms with E-state index in [2.05, 4.69) is 37.8 Å². The smallest absolute Gasteiger partial charge is 0.255 e. The fraction of sp³-hybridized carbons (Fsp3) is 0.308. The first-order valence-electron chi connectivity index (χ1n) is 11.5. The van der Waals surface area contributed by atoms with E-state index >= 15 is 0 Å². The number of para-hydroxylation sites is 1. The molecule has 172 valence electrons. The Labute approximate surface area is 202 Å². The Morgan fingerprint density at radius 3 is 3.00 bits per heavy atom. The summed E-state index contributed by atoms with van der Waals surface area (Å²) in [5, 5.41) is 10.4. The van der Waals surface area contributed by atoms with Crippen LogP contribution in [0.3, 0.4) is 0 Å². The monoisotopic (exact) mass is 473 g/mol. The number of hydrogen-bond donors (Lipinski definition) is 4. The zero-order chi connectivity index (χ0) is 23.2. The fourth-order valence-corrected chi connectivity index (χ4v) is 5.23. The highest BCUT2D eigenvalue weighted by Gasteiger charge is 2.45. The Bertz CT molecular complexity index is 1340. The van der Waals surface area contributed by atoms with Gasteiger partial charge in [0.25, 0.3) is 5.91 Å². The predicted octanol–water partition coefficient (Wildman–Crippen LogP) is 3.87. The van der Waals surface area contributed by atoms with Crippen molar-refractivity contribution in [2.45, 2.75) is 31.3 Å². The summed E-state index contributed by atoms with van der Waals surface area (Å²) in [6.45, 7) is 0.588. The molecule has 6 rings (SSSR count). The van der Waals surface area contributed by atoms with Crippen LogP contribution in [-0.2, 0) is 6.42 Å². The lowest BCUT2D eigenvalue weighted by atomic mass is 10.0. The summed E-state index contributed by atoms with van der Waals surface area (Å²) in [4.78, 5) is 20.7. The van der Waals surface area contributed by atoms with Crippen LogP contribution < -0.4 is 20.7 Å². The molecule has 1 unspecified atom stereocenters. The minimum absolute atomic E-state index is 0.122. The maximum Gasteiger partial charge on any atom is 0.255 e. The molecule has 7 nitrogen and oxygen atoms in total. The molecule has 1 amide bonds. The molecule has 2 aliphatic heterocycles. The molecule has 2 aromatic heterocycles. The number of benzene rings is 1. The molecule has 2 fully saturated rings. The molecule has 4 heterocycles. The minimum atomic E-state index is -0.122. The van der Waals surface area contributed by atoms with Gasteiger partial charge in [0.15, 0.2) is 5.75 Å². The summed E-state index contributed by atoms with van der Waals surface area (Å²) in [5.74, 6) is 7.90. The van der Waals surface area contributed by atoms with E-state index in [-0.39, 0.29) is 11.9 Å². The van der Waals surface area contributed by atoms with Gasteiger partial charge in [-0.2, -0.15) is 0 Å². The van der Waals surface area contributed by atoms with Crippen LogP contribution in [0, 0.1) is 17.8 Å². The van der Waals surface area contributed by atoms with Crippen molar-refractivity contribution in [2.75, 3.05) is 19.0 Å². The van der Waals surface area contributed by atoms with Crippen LogP contribution in [0.2, 0.25) is 5.02 Å². The van der Waals surface area contributed by atoms with Gasteiger partial charge in [-0.25, -0.2) is 0 Å². The van der Waals surface area contributed by atoms with Gasteiger partial charge in [-0.05, 0) is 37.0 Å². The first-order chi connectivity index (χ1) is 16.6. The first kappa shape index (κ1) is 21.1. The van der Waals surface area contributed by atoms with Crippen LogP contribution in [0.4, 0.5) is 11.4 Å². The molecular formula is C26H24ClN5O2. The third-order valence-electron chi connectivity index (χ3n) is 6.74. The summed E-state index contributed by atoms with van der Waals surface area (Å²) in [6.07, 6.45) is 6.61. The lowest BCUT2D eigenvalue weighted by molar-refractivity contribution is 0.0947. The van der Waals surface area contributed by atoms with E-state index in [1.165, 1.54) is 6.42 Å². The van der Waals surface area contributed by atoms with Gasteiger partial charge in [-0.15, -0.1) is 0 Å². The van der Waals surface area contributed by atoms with Gasteiger partial charge >= 0.3 is 0 Å². The lowest BCUT2D eigenvalue weighted by Gasteiger charge is -2.17. The largest absolute Gasteiger partial charge is 0.493 e. The SMILES string of the molecule is COc1c(Cl)cccc1Nc1c(-c2ccncc2C#C[C@H]2C[C@@H]3CC3N2)[nH]c2c1C(=O)NCC2. The number of pyridine rings is 1. The molecule has 1 aromatic carbocycles. The van der Waals surface area contributed by atoms with Gasteiger partial charge in [0.1, 0.15) is 0 Å². The topological polar surface area (TPSA) is 91.1 Å². The van der Waals surface area contributed by atoms with E-state index in [0.29, 0.717) is 46.7 Å².